The van der Waals surface area contributed by atoms with E-state index in [0.717, 1.165) is 11.1 Å². The van der Waals surface area contributed by atoms with Crippen LogP contribution in [-0.4, -0.2) is 10.1 Å². The Morgan fingerprint density at radius 3 is 2.37 bits per heavy atom. The average Bonchev–Trinajstić information content (AvgIpc) is 2.86. The third-order valence-electron chi connectivity index (χ3n) is 3.56. The van der Waals surface area contributed by atoms with Gasteiger partial charge in [0.05, 0.1) is 0 Å². The van der Waals surface area contributed by atoms with Crippen molar-refractivity contribution >= 4 is 0 Å². The maximum atomic E-state index is 5.58. The molecule has 19 heavy (non-hydrogen) atoms. The van der Waals surface area contributed by atoms with E-state index in [1.165, 1.54) is 0 Å². The molecule has 1 aromatic carbocycles. The van der Waals surface area contributed by atoms with E-state index in [9.17, 15) is 0 Å². The van der Waals surface area contributed by atoms with Crippen molar-refractivity contribution in [1.29, 1.82) is 0 Å². The molecule has 0 aliphatic rings. The van der Waals surface area contributed by atoms with E-state index >= 15 is 0 Å². The molecule has 0 aliphatic heterocycles. The summed E-state index contributed by atoms with van der Waals surface area (Å²) in [6.45, 7) is 9.14. The van der Waals surface area contributed by atoms with Gasteiger partial charge in [0.25, 0.3) is 0 Å². The lowest BCUT2D eigenvalue weighted by atomic mass is 9.82. The topological polar surface area (TPSA) is 64.9 Å². The summed E-state index contributed by atoms with van der Waals surface area (Å²) in [5.41, 5.74) is 7.73. The zero-order valence-electron chi connectivity index (χ0n) is 12.0. The molecule has 2 aromatic rings. The maximum absolute atomic E-state index is 5.58. The van der Waals surface area contributed by atoms with Crippen LogP contribution in [-0.2, 0) is 6.54 Å². The van der Waals surface area contributed by atoms with Crippen molar-refractivity contribution in [2.75, 3.05) is 0 Å². The number of hydrogen-bond acceptors (Lipinski definition) is 4. The summed E-state index contributed by atoms with van der Waals surface area (Å²) in [7, 11) is 0. The van der Waals surface area contributed by atoms with Crippen LogP contribution < -0.4 is 5.73 Å². The first-order valence-electron chi connectivity index (χ1n) is 6.55. The van der Waals surface area contributed by atoms with Gasteiger partial charge in [-0.15, -0.1) is 0 Å². The highest BCUT2D eigenvalue weighted by molar-refractivity contribution is 5.54. The van der Waals surface area contributed by atoms with Crippen molar-refractivity contribution in [3.63, 3.8) is 0 Å². The molecule has 2 N–H and O–H groups in total. The van der Waals surface area contributed by atoms with Gasteiger partial charge in [0, 0.05) is 18.0 Å². The smallest absolute Gasteiger partial charge is 0.230 e. The minimum absolute atomic E-state index is 0.104. The largest absolute Gasteiger partial charge is 0.339 e. The summed E-state index contributed by atoms with van der Waals surface area (Å²) in [5, 5.41) is 4.06. The van der Waals surface area contributed by atoms with E-state index in [0.29, 0.717) is 18.3 Å². The molecule has 0 saturated carbocycles. The van der Waals surface area contributed by atoms with Crippen molar-refractivity contribution in [2.24, 2.45) is 11.1 Å². The van der Waals surface area contributed by atoms with Crippen molar-refractivity contribution in [3.05, 3.63) is 35.7 Å². The Morgan fingerprint density at radius 2 is 1.84 bits per heavy atom. The van der Waals surface area contributed by atoms with E-state index in [4.69, 9.17) is 10.3 Å². The van der Waals surface area contributed by atoms with Gasteiger partial charge in [-0.3, -0.25) is 0 Å². The van der Waals surface area contributed by atoms with Crippen molar-refractivity contribution in [3.8, 4) is 11.4 Å². The standard InChI is InChI=1S/C15H21N3O/c1-10(15(2,3)4)14-17-13(18-19-14)12-7-5-11(9-16)6-8-12/h5-8,10H,9,16H2,1-4H3. The summed E-state index contributed by atoms with van der Waals surface area (Å²) < 4.78 is 5.38. The van der Waals surface area contributed by atoms with Crippen molar-refractivity contribution in [2.45, 2.75) is 40.2 Å². The minimum Gasteiger partial charge on any atom is -0.339 e. The molecule has 0 radical (unpaired) electrons. The van der Waals surface area contributed by atoms with Gasteiger partial charge in [-0.1, -0.05) is 57.1 Å². The van der Waals surface area contributed by atoms with Crippen LogP contribution in [0, 0.1) is 5.41 Å². The molecule has 102 valence electrons. The summed E-state index contributed by atoms with van der Waals surface area (Å²) in [4.78, 5) is 4.49. The lowest BCUT2D eigenvalue weighted by molar-refractivity contribution is 0.262. The Kier molecular flexibility index (Phi) is 3.71. The molecule has 1 unspecified atom stereocenters. The normalized spacial score (nSPS) is 13.5. The predicted molar refractivity (Wildman–Crippen MR) is 75.5 cm³/mol. The second-order valence-corrected chi connectivity index (χ2v) is 5.94. The zero-order chi connectivity index (χ0) is 14.0. The molecule has 0 fully saturated rings. The molecule has 1 heterocycles. The molecule has 4 nitrogen and oxygen atoms in total. The molecule has 0 saturated heterocycles. The van der Waals surface area contributed by atoms with Gasteiger partial charge >= 0.3 is 0 Å². The van der Waals surface area contributed by atoms with Gasteiger partial charge in [-0.05, 0) is 11.0 Å². The van der Waals surface area contributed by atoms with Gasteiger partial charge < -0.3 is 10.3 Å². The molecular formula is C15H21N3O. The van der Waals surface area contributed by atoms with Crippen LogP contribution in [0.15, 0.2) is 28.8 Å². The lowest BCUT2D eigenvalue weighted by Crippen LogP contribution is -2.15. The van der Waals surface area contributed by atoms with Crippen molar-refractivity contribution in [1.82, 2.24) is 10.1 Å². The second kappa shape index (κ2) is 5.13. The Labute approximate surface area is 114 Å². The Hall–Kier alpha value is -1.68. The Morgan fingerprint density at radius 1 is 1.21 bits per heavy atom. The molecule has 4 heteroatoms. The van der Waals surface area contributed by atoms with E-state index < -0.39 is 0 Å². The fourth-order valence-corrected chi connectivity index (χ4v) is 1.69. The third-order valence-corrected chi connectivity index (χ3v) is 3.56. The van der Waals surface area contributed by atoms with Crippen LogP contribution >= 0.6 is 0 Å². The summed E-state index contributed by atoms with van der Waals surface area (Å²) in [5.74, 6) is 1.54. The SMILES string of the molecule is CC(c1nc(-c2ccc(CN)cc2)no1)C(C)(C)C. The van der Waals surface area contributed by atoms with Crippen LogP contribution in [0.2, 0.25) is 0 Å². The first-order valence-corrected chi connectivity index (χ1v) is 6.55. The summed E-state index contributed by atoms with van der Waals surface area (Å²) >= 11 is 0. The van der Waals surface area contributed by atoms with Gasteiger partial charge in [-0.2, -0.15) is 4.98 Å². The third kappa shape index (κ3) is 3.01. The molecule has 1 aromatic heterocycles. The van der Waals surface area contributed by atoms with E-state index in [1.807, 2.05) is 24.3 Å². The number of nitrogens with two attached hydrogens (primary N) is 1. The van der Waals surface area contributed by atoms with Gasteiger partial charge in [-0.25, -0.2) is 0 Å². The van der Waals surface area contributed by atoms with Gasteiger partial charge in [0.15, 0.2) is 0 Å². The molecule has 0 spiro atoms. The second-order valence-electron chi connectivity index (χ2n) is 5.94. The molecule has 0 amide bonds. The number of rotatable bonds is 3. The van der Waals surface area contributed by atoms with Crippen LogP contribution in [0.4, 0.5) is 0 Å². The van der Waals surface area contributed by atoms with Crippen molar-refractivity contribution < 1.29 is 4.52 Å². The first-order chi connectivity index (χ1) is 8.91. The number of benzene rings is 1. The van der Waals surface area contributed by atoms with Crippen LogP contribution in [0.25, 0.3) is 11.4 Å². The highest BCUT2D eigenvalue weighted by Gasteiger charge is 2.27. The molecule has 0 bridgehead atoms. The molecular weight excluding hydrogens is 238 g/mol. The van der Waals surface area contributed by atoms with E-state index in [2.05, 4.69) is 37.8 Å². The van der Waals surface area contributed by atoms with Crippen LogP contribution in [0.1, 0.15) is 45.1 Å². The molecule has 0 aliphatic carbocycles. The Bertz CT molecular complexity index is 537. The maximum Gasteiger partial charge on any atom is 0.230 e. The van der Waals surface area contributed by atoms with Crippen LogP contribution in [0.5, 0.6) is 0 Å². The zero-order valence-corrected chi connectivity index (χ0v) is 12.0. The fraction of sp³-hybridized carbons (Fsp3) is 0.467. The Balaban J connectivity index is 2.25. The average molecular weight is 259 g/mol. The summed E-state index contributed by atoms with van der Waals surface area (Å²) in [6.07, 6.45) is 0. The van der Waals surface area contributed by atoms with Crippen LogP contribution in [0.3, 0.4) is 0 Å². The van der Waals surface area contributed by atoms with E-state index in [-0.39, 0.29) is 11.3 Å². The quantitative estimate of drug-likeness (QED) is 0.918. The van der Waals surface area contributed by atoms with E-state index in [1.54, 1.807) is 0 Å². The monoisotopic (exact) mass is 259 g/mol. The first kappa shape index (κ1) is 13.7. The summed E-state index contributed by atoms with van der Waals surface area (Å²) in [6, 6.07) is 7.91. The predicted octanol–water partition coefficient (Wildman–Crippen LogP) is 3.34. The highest BCUT2D eigenvalue weighted by Crippen LogP contribution is 2.34. The number of nitrogens with zero attached hydrogens (tertiary/aromatic N) is 2. The van der Waals surface area contributed by atoms with Gasteiger partial charge in [0.2, 0.25) is 11.7 Å². The highest BCUT2D eigenvalue weighted by atomic mass is 16.5. The fourth-order valence-electron chi connectivity index (χ4n) is 1.69. The minimum atomic E-state index is 0.104. The van der Waals surface area contributed by atoms with Gasteiger partial charge in [0.1, 0.15) is 0 Å². The molecule has 1 atom stereocenters. The number of aromatic nitrogens is 2. The molecule has 2 rings (SSSR count). The number of hydrogen-bond donors (Lipinski definition) is 1. The lowest BCUT2D eigenvalue weighted by Gasteiger charge is -2.23.